The third-order valence-electron chi connectivity index (χ3n) is 3.47. The molecule has 0 fully saturated rings. The predicted molar refractivity (Wildman–Crippen MR) is 83.8 cm³/mol. The Balaban J connectivity index is 2.36. The first-order valence-corrected chi connectivity index (χ1v) is 7.37. The molecule has 0 bridgehead atoms. The molecule has 2 rings (SSSR count). The Hall–Kier alpha value is -2.35. The summed E-state index contributed by atoms with van der Waals surface area (Å²) in [5.74, 6) is -0.367. The molecule has 0 unspecified atom stereocenters. The Morgan fingerprint density at radius 3 is 2.50 bits per heavy atom. The minimum Gasteiger partial charge on any atom is -0.351 e. The number of benzene rings is 1. The number of nitrogens with one attached hydrogen (secondary N) is 2. The van der Waals surface area contributed by atoms with E-state index in [9.17, 15) is 18.0 Å². The normalized spacial score (nSPS) is 11.6. The zero-order valence-electron chi connectivity index (χ0n) is 13.7. The number of likely N-dealkylation sites (N-methyl/N-ethyl adjacent to an activating group) is 1. The van der Waals surface area contributed by atoms with Crippen LogP contribution in [0.5, 0.6) is 0 Å². The van der Waals surface area contributed by atoms with Crippen LogP contribution in [-0.4, -0.2) is 29.3 Å². The highest BCUT2D eigenvalue weighted by atomic mass is 19.4. The van der Waals surface area contributed by atoms with Gasteiger partial charge in [0.15, 0.2) is 0 Å². The summed E-state index contributed by atoms with van der Waals surface area (Å²) in [5.41, 5.74) is 1.04. The Morgan fingerprint density at radius 1 is 1.25 bits per heavy atom. The minimum atomic E-state index is -4.52. The summed E-state index contributed by atoms with van der Waals surface area (Å²) in [6.45, 7) is 3.41. The first-order valence-electron chi connectivity index (χ1n) is 7.37. The van der Waals surface area contributed by atoms with Crippen molar-refractivity contribution in [1.82, 2.24) is 20.4 Å². The highest BCUT2D eigenvalue weighted by Crippen LogP contribution is 2.33. The van der Waals surface area contributed by atoms with Crippen molar-refractivity contribution in [2.24, 2.45) is 0 Å². The summed E-state index contributed by atoms with van der Waals surface area (Å²) in [4.78, 5) is 11.4. The van der Waals surface area contributed by atoms with Crippen LogP contribution in [0.25, 0.3) is 5.69 Å². The van der Waals surface area contributed by atoms with Crippen LogP contribution in [-0.2, 0) is 17.5 Å². The number of carbonyl (C=O) groups excluding carboxylic acids is 1. The van der Waals surface area contributed by atoms with Gasteiger partial charge in [-0.1, -0.05) is 6.07 Å². The summed E-state index contributed by atoms with van der Waals surface area (Å²) < 4.78 is 41.6. The van der Waals surface area contributed by atoms with Crippen molar-refractivity contribution in [3.8, 4) is 5.69 Å². The van der Waals surface area contributed by atoms with Gasteiger partial charge in [0.2, 0.25) is 5.91 Å². The lowest BCUT2D eigenvalue weighted by Gasteiger charge is -2.16. The SMILES string of the molecule is CNCC(=O)NCc1ccc(-n2nc(C)cc2C)cc1C(F)(F)F. The topological polar surface area (TPSA) is 59.0 Å². The van der Waals surface area contributed by atoms with Gasteiger partial charge < -0.3 is 10.6 Å². The van der Waals surface area contributed by atoms with Crippen LogP contribution in [0.2, 0.25) is 0 Å². The van der Waals surface area contributed by atoms with Crippen molar-refractivity contribution in [2.45, 2.75) is 26.6 Å². The molecule has 0 atom stereocenters. The Labute approximate surface area is 137 Å². The summed E-state index contributed by atoms with van der Waals surface area (Å²) >= 11 is 0. The van der Waals surface area contributed by atoms with Crippen molar-refractivity contribution >= 4 is 5.91 Å². The molecule has 1 aromatic carbocycles. The van der Waals surface area contributed by atoms with Gasteiger partial charge in [-0.15, -0.1) is 0 Å². The molecular weight excluding hydrogens is 321 g/mol. The van der Waals surface area contributed by atoms with E-state index in [4.69, 9.17) is 0 Å². The van der Waals surface area contributed by atoms with E-state index >= 15 is 0 Å². The molecule has 5 nitrogen and oxygen atoms in total. The van der Waals surface area contributed by atoms with Crippen molar-refractivity contribution in [3.05, 3.63) is 46.8 Å². The molecule has 24 heavy (non-hydrogen) atoms. The lowest BCUT2D eigenvalue weighted by molar-refractivity contribution is -0.138. The lowest BCUT2D eigenvalue weighted by atomic mass is 10.1. The van der Waals surface area contributed by atoms with Gasteiger partial charge in [-0.25, -0.2) is 4.68 Å². The predicted octanol–water partition coefficient (Wildman–Crippen LogP) is 2.34. The molecule has 0 aliphatic rings. The average Bonchev–Trinajstić information content (AvgIpc) is 2.83. The van der Waals surface area contributed by atoms with Crippen molar-refractivity contribution in [2.75, 3.05) is 13.6 Å². The van der Waals surface area contributed by atoms with E-state index in [-0.39, 0.29) is 24.6 Å². The maximum Gasteiger partial charge on any atom is 0.416 e. The van der Waals surface area contributed by atoms with Crippen LogP contribution in [0.3, 0.4) is 0 Å². The minimum absolute atomic E-state index is 0.0113. The average molecular weight is 340 g/mol. The molecule has 0 aliphatic heterocycles. The van der Waals surface area contributed by atoms with Crippen LogP contribution in [0.4, 0.5) is 13.2 Å². The number of rotatable bonds is 5. The van der Waals surface area contributed by atoms with Gasteiger partial charge >= 0.3 is 6.18 Å². The Morgan fingerprint density at radius 2 is 1.96 bits per heavy atom. The number of hydrogen-bond acceptors (Lipinski definition) is 3. The van der Waals surface area contributed by atoms with Crippen molar-refractivity contribution in [3.63, 3.8) is 0 Å². The summed E-state index contributed by atoms with van der Waals surface area (Å²) in [6.07, 6.45) is -4.52. The number of carbonyl (C=O) groups is 1. The highest BCUT2D eigenvalue weighted by molar-refractivity contribution is 5.78. The van der Waals surface area contributed by atoms with Gasteiger partial charge in [0.05, 0.1) is 23.5 Å². The van der Waals surface area contributed by atoms with Gasteiger partial charge in [0.1, 0.15) is 0 Å². The van der Waals surface area contributed by atoms with Crippen molar-refractivity contribution < 1.29 is 18.0 Å². The number of aromatic nitrogens is 2. The fraction of sp³-hybridized carbons (Fsp3) is 0.375. The quantitative estimate of drug-likeness (QED) is 0.878. The zero-order chi connectivity index (χ0) is 17.9. The summed E-state index contributed by atoms with van der Waals surface area (Å²) in [5, 5.41) is 9.31. The molecule has 0 saturated carbocycles. The van der Waals surface area contributed by atoms with E-state index in [1.807, 2.05) is 0 Å². The lowest BCUT2D eigenvalue weighted by Crippen LogP contribution is -2.32. The van der Waals surface area contributed by atoms with Crippen LogP contribution < -0.4 is 10.6 Å². The number of hydrogen-bond donors (Lipinski definition) is 2. The molecule has 1 amide bonds. The molecule has 130 valence electrons. The third kappa shape index (κ3) is 4.14. The Bertz CT molecular complexity index is 737. The fourth-order valence-corrected chi connectivity index (χ4v) is 2.42. The van der Waals surface area contributed by atoms with Gasteiger partial charge in [-0.3, -0.25) is 4.79 Å². The smallest absolute Gasteiger partial charge is 0.351 e. The third-order valence-corrected chi connectivity index (χ3v) is 3.47. The Kier molecular flexibility index (Phi) is 5.28. The number of halogens is 3. The summed E-state index contributed by atoms with van der Waals surface area (Å²) in [7, 11) is 1.59. The van der Waals surface area contributed by atoms with E-state index in [0.717, 1.165) is 17.5 Å². The van der Waals surface area contributed by atoms with Crippen LogP contribution >= 0.6 is 0 Å². The number of nitrogens with zero attached hydrogens (tertiary/aromatic N) is 2. The number of amides is 1. The molecule has 0 radical (unpaired) electrons. The van der Waals surface area contributed by atoms with Gasteiger partial charge in [0.25, 0.3) is 0 Å². The number of alkyl halides is 3. The maximum absolute atomic E-state index is 13.4. The van der Waals surface area contributed by atoms with Crippen LogP contribution in [0.15, 0.2) is 24.3 Å². The molecule has 0 aliphatic carbocycles. The first kappa shape index (κ1) is 18.0. The molecule has 0 spiro atoms. The molecular formula is C16H19F3N4O. The van der Waals surface area contributed by atoms with Crippen LogP contribution in [0.1, 0.15) is 22.5 Å². The van der Waals surface area contributed by atoms with Gasteiger partial charge in [0, 0.05) is 12.2 Å². The fourth-order valence-electron chi connectivity index (χ4n) is 2.42. The van der Waals surface area contributed by atoms with E-state index in [1.54, 1.807) is 33.0 Å². The molecule has 8 heteroatoms. The highest BCUT2D eigenvalue weighted by Gasteiger charge is 2.33. The second-order valence-electron chi connectivity index (χ2n) is 5.49. The molecule has 1 aromatic heterocycles. The molecule has 1 heterocycles. The summed E-state index contributed by atoms with van der Waals surface area (Å²) in [6, 6.07) is 5.78. The van der Waals surface area contributed by atoms with Crippen molar-refractivity contribution in [1.29, 1.82) is 0 Å². The monoisotopic (exact) mass is 340 g/mol. The second kappa shape index (κ2) is 7.04. The first-order chi connectivity index (χ1) is 11.2. The maximum atomic E-state index is 13.4. The van der Waals surface area contributed by atoms with Gasteiger partial charge in [-0.2, -0.15) is 18.3 Å². The zero-order valence-corrected chi connectivity index (χ0v) is 13.7. The molecule has 2 aromatic rings. The van der Waals surface area contributed by atoms with E-state index in [1.165, 1.54) is 10.7 Å². The standard InChI is InChI=1S/C16H19F3N4O/c1-10-6-11(2)23(22-10)13-5-4-12(8-21-15(24)9-20-3)14(7-13)16(17,18)19/h4-7,20H,8-9H2,1-3H3,(H,21,24). The van der Waals surface area contributed by atoms with E-state index in [2.05, 4.69) is 15.7 Å². The van der Waals surface area contributed by atoms with E-state index < -0.39 is 11.7 Å². The number of aryl methyl sites for hydroxylation is 2. The van der Waals surface area contributed by atoms with Crippen LogP contribution in [0, 0.1) is 13.8 Å². The van der Waals surface area contributed by atoms with Gasteiger partial charge in [-0.05, 0) is 44.7 Å². The molecule has 0 saturated heterocycles. The largest absolute Gasteiger partial charge is 0.416 e. The van der Waals surface area contributed by atoms with E-state index in [0.29, 0.717) is 5.69 Å². The molecule has 2 N–H and O–H groups in total. The second-order valence-corrected chi connectivity index (χ2v) is 5.49.